The molecule has 0 aliphatic rings. The van der Waals surface area contributed by atoms with Crippen molar-refractivity contribution < 1.29 is 13.2 Å². The molecule has 134 valence electrons. The van der Waals surface area contributed by atoms with E-state index in [0.29, 0.717) is 12.1 Å². The average molecular weight is 379 g/mol. The second-order valence-electron chi connectivity index (χ2n) is 5.58. The van der Waals surface area contributed by atoms with Gasteiger partial charge in [0.15, 0.2) is 0 Å². The third kappa shape index (κ3) is 6.19. The first-order valence-electron chi connectivity index (χ1n) is 7.82. The molecule has 1 amide bonds. The first-order valence-corrected chi connectivity index (χ1v) is 10.9. The molecule has 0 aliphatic heterocycles. The number of hydrogen-bond acceptors (Lipinski definition) is 4. The molecule has 0 fully saturated rings. The molecule has 0 radical (unpaired) electrons. The number of hydrogen-bond donors (Lipinski definition) is 1. The summed E-state index contributed by atoms with van der Waals surface area (Å²) in [6, 6.07) is 17.0. The quantitative estimate of drug-likeness (QED) is 0.718. The van der Waals surface area contributed by atoms with Crippen molar-refractivity contribution in [1.29, 1.82) is 0 Å². The van der Waals surface area contributed by atoms with E-state index >= 15 is 0 Å². The van der Waals surface area contributed by atoms with Gasteiger partial charge in [0.2, 0.25) is 15.9 Å². The second-order valence-corrected chi connectivity index (χ2v) is 8.41. The summed E-state index contributed by atoms with van der Waals surface area (Å²) in [6.07, 6.45) is 3.61. The maximum atomic E-state index is 12.3. The van der Waals surface area contributed by atoms with Crippen LogP contribution in [0.15, 0.2) is 59.5 Å². The summed E-state index contributed by atoms with van der Waals surface area (Å²) in [6.45, 7) is 0.0643. The van der Waals surface area contributed by atoms with Gasteiger partial charge in [-0.3, -0.25) is 4.79 Å². The molecule has 2 aromatic carbocycles. The number of carbonyl (C=O) groups is 1. The van der Waals surface area contributed by atoms with Gasteiger partial charge in [-0.2, -0.15) is 4.31 Å². The Hall–Kier alpha value is -1.83. The first-order chi connectivity index (χ1) is 11.9. The van der Waals surface area contributed by atoms with E-state index in [-0.39, 0.29) is 19.0 Å². The predicted octanol–water partition coefficient (Wildman–Crippen LogP) is 2.85. The fourth-order valence-electron chi connectivity index (χ4n) is 2.36. The monoisotopic (exact) mass is 378 g/mol. The Labute approximate surface area is 153 Å². The summed E-state index contributed by atoms with van der Waals surface area (Å²) in [5.41, 5.74) is 1.72. The number of amides is 1. The van der Waals surface area contributed by atoms with Crippen molar-refractivity contribution in [2.24, 2.45) is 0 Å². The molecule has 2 rings (SSSR count). The SMILES string of the molecule is CSc1ccccc1NC(=O)CN(CCc1ccccc1)S(C)(=O)=O. The number of rotatable bonds is 8. The highest BCUT2D eigenvalue weighted by molar-refractivity contribution is 7.98. The topological polar surface area (TPSA) is 66.5 Å². The third-order valence-corrected chi connectivity index (χ3v) is 5.71. The van der Waals surface area contributed by atoms with Crippen molar-refractivity contribution in [3.8, 4) is 0 Å². The van der Waals surface area contributed by atoms with Gasteiger partial charge in [-0.15, -0.1) is 11.8 Å². The number of carbonyl (C=O) groups excluding carboxylic acids is 1. The lowest BCUT2D eigenvalue weighted by molar-refractivity contribution is -0.116. The van der Waals surface area contributed by atoms with Crippen LogP contribution < -0.4 is 5.32 Å². The minimum Gasteiger partial charge on any atom is -0.324 e. The Kier molecular flexibility index (Phi) is 7.04. The molecule has 0 saturated carbocycles. The highest BCUT2D eigenvalue weighted by atomic mass is 32.2. The molecule has 2 aromatic rings. The third-order valence-electron chi connectivity index (χ3n) is 3.66. The number of para-hydroxylation sites is 1. The molecule has 5 nitrogen and oxygen atoms in total. The number of sulfonamides is 1. The van der Waals surface area contributed by atoms with Gasteiger partial charge < -0.3 is 5.32 Å². The Bertz CT molecular complexity index is 808. The Balaban J connectivity index is 2.02. The minimum absolute atomic E-state index is 0.200. The maximum absolute atomic E-state index is 12.3. The van der Waals surface area contributed by atoms with Crippen LogP contribution in [-0.4, -0.2) is 44.2 Å². The summed E-state index contributed by atoms with van der Waals surface area (Å²) >= 11 is 1.52. The molecule has 0 unspecified atom stereocenters. The van der Waals surface area contributed by atoms with Crippen LogP contribution in [0.5, 0.6) is 0 Å². The van der Waals surface area contributed by atoms with Crippen LogP contribution in [0.1, 0.15) is 5.56 Å². The zero-order valence-electron chi connectivity index (χ0n) is 14.3. The molecule has 0 spiro atoms. The van der Waals surface area contributed by atoms with Gasteiger partial charge >= 0.3 is 0 Å². The van der Waals surface area contributed by atoms with Gasteiger partial charge in [0, 0.05) is 11.4 Å². The van der Waals surface area contributed by atoms with Crippen LogP contribution in [0.4, 0.5) is 5.69 Å². The number of nitrogens with zero attached hydrogens (tertiary/aromatic N) is 1. The highest BCUT2D eigenvalue weighted by Crippen LogP contribution is 2.24. The van der Waals surface area contributed by atoms with Crippen LogP contribution in [0.2, 0.25) is 0 Å². The summed E-state index contributed by atoms with van der Waals surface area (Å²) in [7, 11) is -3.47. The van der Waals surface area contributed by atoms with Crippen LogP contribution in [0, 0.1) is 0 Å². The lowest BCUT2D eigenvalue weighted by Crippen LogP contribution is -2.38. The van der Waals surface area contributed by atoms with E-state index in [0.717, 1.165) is 16.7 Å². The standard InChI is InChI=1S/C18H22N2O3S2/c1-24-17-11-7-6-10-16(17)19-18(21)14-20(25(2,22)23)13-12-15-8-4-3-5-9-15/h3-11H,12-14H2,1-2H3,(H,19,21). The lowest BCUT2D eigenvalue weighted by atomic mass is 10.1. The maximum Gasteiger partial charge on any atom is 0.239 e. The van der Waals surface area contributed by atoms with Gasteiger partial charge in [-0.1, -0.05) is 42.5 Å². The van der Waals surface area contributed by atoms with Crippen LogP contribution in [-0.2, 0) is 21.2 Å². The molecule has 25 heavy (non-hydrogen) atoms. The van der Waals surface area contributed by atoms with Crippen molar-refractivity contribution >= 4 is 33.4 Å². The van der Waals surface area contributed by atoms with Gasteiger partial charge in [0.1, 0.15) is 0 Å². The second kappa shape index (κ2) is 9.03. The zero-order valence-corrected chi connectivity index (χ0v) is 15.9. The molecule has 0 atom stereocenters. The van der Waals surface area contributed by atoms with E-state index < -0.39 is 10.0 Å². The fraction of sp³-hybridized carbons (Fsp3) is 0.278. The van der Waals surface area contributed by atoms with Gasteiger partial charge in [-0.05, 0) is 30.4 Å². The molecular weight excluding hydrogens is 356 g/mol. The van der Waals surface area contributed by atoms with Gasteiger partial charge in [0.05, 0.1) is 18.5 Å². The van der Waals surface area contributed by atoms with E-state index in [4.69, 9.17) is 0 Å². The summed E-state index contributed by atoms with van der Waals surface area (Å²) < 4.78 is 25.2. The van der Waals surface area contributed by atoms with E-state index in [1.807, 2.05) is 54.8 Å². The first kappa shape index (κ1) is 19.5. The summed E-state index contributed by atoms with van der Waals surface area (Å²) in [5.74, 6) is -0.347. The van der Waals surface area contributed by atoms with Crippen molar-refractivity contribution in [2.75, 3.05) is 30.9 Å². The number of benzene rings is 2. The largest absolute Gasteiger partial charge is 0.324 e. The molecule has 0 saturated heterocycles. The predicted molar refractivity (Wildman–Crippen MR) is 103 cm³/mol. The fourth-order valence-corrected chi connectivity index (χ4v) is 3.69. The van der Waals surface area contributed by atoms with E-state index in [1.165, 1.54) is 16.1 Å². The molecule has 0 aliphatic carbocycles. The lowest BCUT2D eigenvalue weighted by Gasteiger charge is -2.20. The minimum atomic E-state index is -3.47. The van der Waals surface area contributed by atoms with Crippen molar-refractivity contribution in [3.05, 3.63) is 60.2 Å². The Morgan fingerprint density at radius 1 is 1.08 bits per heavy atom. The van der Waals surface area contributed by atoms with Gasteiger partial charge in [0.25, 0.3) is 0 Å². The van der Waals surface area contributed by atoms with E-state index in [2.05, 4.69) is 5.32 Å². The summed E-state index contributed by atoms with van der Waals surface area (Å²) in [4.78, 5) is 13.3. The number of thioether (sulfide) groups is 1. The molecular formula is C18H22N2O3S2. The average Bonchev–Trinajstić information content (AvgIpc) is 2.59. The molecule has 7 heteroatoms. The number of anilines is 1. The van der Waals surface area contributed by atoms with E-state index in [9.17, 15) is 13.2 Å². The molecule has 1 N–H and O–H groups in total. The zero-order chi connectivity index (χ0) is 18.3. The Morgan fingerprint density at radius 3 is 2.36 bits per heavy atom. The van der Waals surface area contributed by atoms with E-state index in [1.54, 1.807) is 6.07 Å². The van der Waals surface area contributed by atoms with Crippen molar-refractivity contribution in [2.45, 2.75) is 11.3 Å². The smallest absolute Gasteiger partial charge is 0.239 e. The Morgan fingerprint density at radius 2 is 1.72 bits per heavy atom. The van der Waals surface area contributed by atoms with Crippen LogP contribution in [0.3, 0.4) is 0 Å². The summed E-state index contributed by atoms with van der Waals surface area (Å²) in [5, 5.41) is 2.80. The van der Waals surface area contributed by atoms with Crippen LogP contribution >= 0.6 is 11.8 Å². The normalized spacial score (nSPS) is 11.5. The van der Waals surface area contributed by atoms with Crippen LogP contribution in [0.25, 0.3) is 0 Å². The number of nitrogens with one attached hydrogen (secondary N) is 1. The van der Waals surface area contributed by atoms with Crippen molar-refractivity contribution in [1.82, 2.24) is 4.31 Å². The molecule has 0 heterocycles. The van der Waals surface area contributed by atoms with Gasteiger partial charge in [-0.25, -0.2) is 8.42 Å². The van der Waals surface area contributed by atoms with Crippen molar-refractivity contribution in [3.63, 3.8) is 0 Å². The molecule has 0 bridgehead atoms. The molecule has 0 aromatic heterocycles. The highest BCUT2D eigenvalue weighted by Gasteiger charge is 2.20.